The van der Waals surface area contributed by atoms with Gasteiger partial charge in [-0.1, -0.05) is 48.5 Å². The molecule has 2 aromatic heterocycles. The van der Waals surface area contributed by atoms with Crippen LogP contribution in [0.3, 0.4) is 0 Å². The molecule has 0 radical (unpaired) electrons. The Morgan fingerprint density at radius 3 is 2.70 bits per heavy atom. The lowest BCUT2D eigenvalue weighted by molar-refractivity contribution is -0.113. The summed E-state index contributed by atoms with van der Waals surface area (Å²) in [7, 11) is 0. The quantitative estimate of drug-likeness (QED) is 0.218. The van der Waals surface area contributed by atoms with Gasteiger partial charge in [0.1, 0.15) is 10.8 Å². The summed E-state index contributed by atoms with van der Waals surface area (Å²) in [4.78, 5) is 25.9. The molecule has 174 valence electrons. The molecule has 0 bridgehead atoms. The summed E-state index contributed by atoms with van der Waals surface area (Å²) in [6.07, 6.45) is 3.12. The van der Waals surface area contributed by atoms with Crippen LogP contribution in [-0.2, 0) is 28.9 Å². The Kier molecular flexibility index (Phi) is 9.11. The maximum atomic E-state index is 12.6. The number of aryl methyl sites for hydroxylation is 1. The molecule has 0 saturated carbocycles. The number of ether oxygens (including phenoxy) is 1. The fourth-order valence-electron chi connectivity index (χ4n) is 3.02. The van der Waals surface area contributed by atoms with Crippen LogP contribution in [0.1, 0.15) is 40.5 Å². The lowest BCUT2D eigenvalue weighted by atomic mass is 10.1. The van der Waals surface area contributed by atoms with E-state index in [9.17, 15) is 9.59 Å². The molecule has 0 atom stereocenters. The number of benzene rings is 1. The minimum Gasteiger partial charge on any atom is -0.462 e. The Morgan fingerprint density at radius 1 is 1.27 bits per heavy atom. The summed E-state index contributed by atoms with van der Waals surface area (Å²) in [6, 6.07) is 9.34. The molecule has 0 saturated heterocycles. The maximum Gasteiger partial charge on any atom is 0.341 e. The van der Waals surface area contributed by atoms with Crippen molar-refractivity contribution >= 4 is 51.6 Å². The second-order valence-corrected chi connectivity index (χ2v) is 9.48. The number of nitrogens with one attached hydrogen (secondary N) is 1. The van der Waals surface area contributed by atoms with E-state index in [1.54, 1.807) is 19.1 Å². The lowest BCUT2D eigenvalue weighted by Crippen LogP contribution is -2.16. The molecule has 3 aromatic rings. The van der Waals surface area contributed by atoms with Crippen molar-refractivity contribution in [3.05, 3.63) is 69.8 Å². The smallest absolute Gasteiger partial charge is 0.341 e. The fraction of sp³-hybridized carbons (Fsp3) is 0.304. The van der Waals surface area contributed by atoms with Crippen LogP contribution in [0, 0.1) is 0 Å². The van der Waals surface area contributed by atoms with Gasteiger partial charge >= 0.3 is 5.97 Å². The highest BCUT2D eigenvalue weighted by molar-refractivity contribution is 7.99. The van der Waals surface area contributed by atoms with Gasteiger partial charge in [0, 0.05) is 22.9 Å². The average Bonchev–Trinajstić information content (AvgIpc) is 3.38. The molecule has 0 aliphatic heterocycles. The van der Waals surface area contributed by atoms with E-state index in [-0.39, 0.29) is 18.3 Å². The Morgan fingerprint density at radius 2 is 2.03 bits per heavy atom. The topological polar surface area (TPSA) is 86.1 Å². The van der Waals surface area contributed by atoms with E-state index in [1.807, 2.05) is 35.8 Å². The molecule has 1 aromatic carbocycles. The minimum absolute atomic E-state index is 0.123. The first-order valence-corrected chi connectivity index (χ1v) is 12.6. The van der Waals surface area contributed by atoms with Gasteiger partial charge in [-0.05, 0) is 37.1 Å². The predicted octanol–water partition coefficient (Wildman–Crippen LogP) is 5.24. The second-order valence-electron chi connectivity index (χ2n) is 6.97. The van der Waals surface area contributed by atoms with Crippen LogP contribution in [0.5, 0.6) is 0 Å². The molecule has 2 heterocycles. The molecule has 1 amide bonds. The zero-order valence-electron chi connectivity index (χ0n) is 18.5. The first-order chi connectivity index (χ1) is 15.9. The Bertz CT molecular complexity index is 1130. The fourth-order valence-corrected chi connectivity index (χ4v) is 4.91. The van der Waals surface area contributed by atoms with Crippen molar-refractivity contribution in [2.24, 2.45) is 0 Å². The normalized spacial score (nSPS) is 10.8. The standard InChI is InChI=1S/C23H25ClN4O3S2/c1-4-11-28-19(12-15-7-9-16(24)10-8-15)26-27-23(28)32-14-20(29)25-21-18(22(30)31-6-3)13-17(5-2)33-21/h4,7-10,13H,1,5-6,11-12,14H2,2-3H3,(H,25,29). The highest BCUT2D eigenvalue weighted by Gasteiger charge is 2.20. The van der Waals surface area contributed by atoms with Crippen molar-refractivity contribution in [2.45, 2.75) is 38.4 Å². The van der Waals surface area contributed by atoms with E-state index in [2.05, 4.69) is 22.1 Å². The van der Waals surface area contributed by atoms with E-state index >= 15 is 0 Å². The second kappa shape index (κ2) is 12.0. The molecular formula is C23H25ClN4O3S2. The van der Waals surface area contributed by atoms with Gasteiger partial charge in [-0.2, -0.15) is 0 Å². The Labute approximate surface area is 206 Å². The van der Waals surface area contributed by atoms with Crippen LogP contribution in [0.15, 0.2) is 48.1 Å². The molecule has 33 heavy (non-hydrogen) atoms. The third-order valence-electron chi connectivity index (χ3n) is 4.59. The summed E-state index contributed by atoms with van der Waals surface area (Å²) < 4.78 is 7.05. The number of amides is 1. The van der Waals surface area contributed by atoms with Crippen LogP contribution in [-0.4, -0.2) is 39.0 Å². The summed E-state index contributed by atoms with van der Waals surface area (Å²) in [5.74, 6) is 0.227. The van der Waals surface area contributed by atoms with Crippen molar-refractivity contribution in [2.75, 3.05) is 17.7 Å². The molecule has 7 nitrogen and oxygen atoms in total. The zero-order valence-corrected chi connectivity index (χ0v) is 20.9. The number of rotatable bonds is 11. The van der Waals surface area contributed by atoms with Crippen LogP contribution >= 0.6 is 34.7 Å². The van der Waals surface area contributed by atoms with E-state index in [0.29, 0.717) is 33.7 Å². The van der Waals surface area contributed by atoms with Crippen LogP contribution in [0.2, 0.25) is 5.02 Å². The zero-order chi connectivity index (χ0) is 23.8. The van der Waals surface area contributed by atoms with E-state index < -0.39 is 5.97 Å². The van der Waals surface area contributed by atoms with Crippen molar-refractivity contribution in [1.29, 1.82) is 0 Å². The number of anilines is 1. The molecule has 0 fully saturated rings. The number of carbonyl (C=O) groups is 2. The molecule has 0 aliphatic carbocycles. The van der Waals surface area contributed by atoms with E-state index in [1.165, 1.54) is 23.1 Å². The number of aromatic nitrogens is 3. The van der Waals surface area contributed by atoms with Crippen molar-refractivity contribution in [1.82, 2.24) is 14.8 Å². The summed E-state index contributed by atoms with van der Waals surface area (Å²) in [6.45, 7) is 8.36. The number of thiophene rings is 1. The van der Waals surface area contributed by atoms with Gasteiger partial charge in [-0.15, -0.1) is 28.1 Å². The SMILES string of the molecule is C=CCn1c(Cc2ccc(Cl)cc2)nnc1SCC(=O)Nc1sc(CC)cc1C(=O)OCC. The summed E-state index contributed by atoms with van der Waals surface area (Å²) in [5, 5.41) is 13.2. The highest BCUT2D eigenvalue weighted by Crippen LogP contribution is 2.30. The van der Waals surface area contributed by atoms with Gasteiger partial charge in [0.25, 0.3) is 0 Å². The lowest BCUT2D eigenvalue weighted by Gasteiger charge is -2.08. The summed E-state index contributed by atoms with van der Waals surface area (Å²) in [5.41, 5.74) is 1.44. The number of allylic oxidation sites excluding steroid dienone is 1. The Hall–Kier alpha value is -2.62. The third kappa shape index (κ3) is 6.69. The minimum atomic E-state index is -0.436. The van der Waals surface area contributed by atoms with Crippen molar-refractivity contribution < 1.29 is 14.3 Å². The number of hydrogen-bond donors (Lipinski definition) is 1. The van der Waals surface area contributed by atoms with E-state index in [4.69, 9.17) is 16.3 Å². The maximum absolute atomic E-state index is 12.6. The van der Waals surface area contributed by atoms with Gasteiger partial charge in [-0.25, -0.2) is 4.79 Å². The number of nitrogens with zero attached hydrogens (tertiary/aromatic N) is 3. The number of carbonyl (C=O) groups excluding carboxylic acids is 2. The third-order valence-corrected chi connectivity index (χ3v) is 7.01. The van der Waals surface area contributed by atoms with Gasteiger partial charge < -0.3 is 14.6 Å². The van der Waals surface area contributed by atoms with Gasteiger partial charge in [-0.3, -0.25) is 4.79 Å². The van der Waals surface area contributed by atoms with Gasteiger partial charge in [0.2, 0.25) is 5.91 Å². The number of halogens is 1. The van der Waals surface area contributed by atoms with E-state index in [0.717, 1.165) is 22.7 Å². The first-order valence-electron chi connectivity index (χ1n) is 10.4. The first kappa shape index (κ1) is 25.0. The molecule has 1 N–H and O–H groups in total. The largest absolute Gasteiger partial charge is 0.462 e. The molecule has 0 spiro atoms. The number of esters is 1. The summed E-state index contributed by atoms with van der Waals surface area (Å²) >= 11 is 8.63. The van der Waals surface area contributed by atoms with Crippen molar-refractivity contribution in [3.63, 3.8) is 0 Å². The monoisotopic (exact) mass is 504 g/mol. The molecule has 10 heteroatoms. The molecular weight excluding hydrogens is 480 g/mol. The number of hydrogen-bond acceptors (Lipinski definition) is 7. The molecule has 0 unspecified atom stereocenters. The van der Waals surface area contributed by atoms with Crippen molar-refractivity contribution in [3.8, 4) is 0 Å². The van der Waals surface area contributed by atoms with Crippen LogP contribution < -0.4 is 5.32 Å². The molecule has 3 rings (SSSR count). The predicted molar refractivity (Wildman–Crippen MR) is 133 cm³/mol. The van der Waals surface area contributed by atoms with Crippen LogP contribution in [0.25, 0.3) is 0 Å². The highest BCUT2D eigenvalue weighted by atomic mass is 35.5. The molecule has 0 aliphatic rings. The number of thioether (sulfide) groups is 1. The Balaban J connectivity index is 1.68. The average molecular weight is 505 g/mol. The van der Waals surface area contributed by atoms with Gasteiger partial charge in [0.05, 0.1) is 17.9 Å². The van der Waals surface area contributed by atoms with Gasteiger partial charge in [0.15, 0.2) is 5.16 Å². The van der Waals surface area contributed by atoms with Crippen LogP contribution in [0.4, 0.5) is 5.00 Å².